The highest BCUT2D eigenvalue weighted by atomic mass is 35.5. The van der Waals surface area contributed by atoms with Crippen LogP contribution in [-0.4, -0.2) is 105 Å². The van der Waals surface area contributed by atoms with Crippen LogP contribution in [0.1, 0.15) is 93.9 Å². The van der Waals surface area contributed by atoms with Crippen molar-refractivity contribution in [3.05, 3.63) is 117 Å². The lowest BCUT2D eigenvalue weighted by Crippen LogP contribution is -2.56. The maximum Gasteiger partial charge on any atom is 0.312 e. The number of aromatic nitrogens is 1. The van der Waals surface area contributed by atoms with Gasteiger partial charge in [-0.15, -0.1) is 0 Å². The van der Waals surface area contributed by atoms with Crippen molar-refractivity contribution in [3.63, 3.8) is 0 Å². The van der Waals surface area contributed by atoms with Gasteiger partial charge in [-0.2, -0.15) is 4.31 Å². The van der Waals surface area contributed by atoms with Gasteiger partial charge in [-0.1, -0.05) is 55.3 Å². The number of carbonyl (C=O) groups excluding carboxylic acids is 2. The van der Waals surface area contributed by atoms with E-state index in [2.05, 4.69) is 40.8 Å². The van der Waals surface area contributed by atoms with Crippen molar-refractivity contribution in [2.24, 2.45) is 10.8 Å². The summed E-state index contributed by atoms with van der Waals surface area (Å²) in [5.41, 5.74) is 3.51. The Labute approximate surface area is 413 Å². The highest BCUT2D eigenvalue weighted by molar-refractivity contribution is 7.89. The molecule has 1 amide bonds. The molecule has 1 aromatic heterocycles. The van der Waals surface area contributed by atoms with Gasteiger partial charge in [-0.25, -0.2) is 12.8 Å². The fourth-order valence-corrected chi connectivity index (χ4v) is 10.3. The number of alkyl halides is 1. The van der Waals surface area contributed by atoms with Crippen LogP contribution in [0.2, 0.25) is 5.02 Å². The van der Waals surface area contributed by atoms with Gasteiger partial charge in [-0.3, -0.25) is 19.5 Å². The molecule has 8 rings (SSSR count). The van der Waals surface area contributed by atoms with Crippen molar-refractivity contribution in [2.45, 2.75) is 83.7 Å². The molecule has 0 bridgehead atoms. The SMILES string of the molecule is CC1(C)CCC(CN2CCN(c3ccc(C(=O)N(COC(=O)C(C)(C)C)S(=O)(=O)c4ccc(OCC5(F)CCOCC5)c([NH+]=O)c4)c(Oc4cnc5c(c4)C=CC5)c3)CC2)=C(c2ccc(Cl)cc2)C1.[OH-]. The number of nitroso groups, excluding NO2 is 1. The summed E-state index contributed by atoms with van der Waals surface area (Å²) >= 11 is 6.27. The molecule has 0 atom stereocenters. The average Bonchev–Trinajstić information content (AvgIpc) is 3.80. The van der Waals surface area contributed by atoms with Crippen molar-refractivity contribution in [2.75, 3.05) is 64.2 Å². The van der Waals surface area contributed by atoms with Crippen LogP contribution in [0.15, 0.2) is 89.5 Å². The lowest BCUT2D eigenvalue weighted by atomic mass is 9.72. The van der Waals surface area contributed by atoms with Crippen LogP contribution in [0, 0.1) is 15.7 Å². The zero-order valence-corrected chi connectivity index (χ0v) is 41.8. The van der Waals surface area contributed by atoms with Gasteiger partial charge in [-0.05, 0) is 105 Å². The van der Waals surface area contributed by atoms with E-state index in [-0.39, 0.29) is 59.7 Å². The molecule has 15 nitrogen and oxygen atoms in total. The summed E-state index contributed by atoms with van der Waals surface area (Å²) in [5.74, 6) is -1.54. The molecular weight excluding hydrogens is 941 g/mol. The van der Waals surface area contributed by atoms with Crippen molar-refractivity contribution >= 4 is 56.5 Å². The topological polar surface area (TPSA) is 189 Å². The van der Waals surface area contributed by atoms with Gasteiger partial charge in [0.2, 0.25) is 0 Å². The number of hydrogen-bond acceptors (Lipinski definition) is 13. The number of carbonyl (C=O) groups is 2. The molecule has 70 heavy (non-hydrogen) atoms. The summed E-state index contributed by atoms with van der Waals surface area (Å²) in [6.07, 6.45) is 9.45. The molecule has 0 unspecified atom stereocenters. The molecule has 0 spiro atoms. The average molecular weight is 1000 g/mol. The van der Waals surface area contributed by atoms with Crippen LogP contribution in [0.4, 0.5) is 15.8 Å². The first-order valence-corrected chi connectivity index (χ1v) is 25.2. The molecule has 0 saturated carbocycles. The number of esters is 1. The maximum atomic E-state index is 15.4. The molecule has 2 aliphatic heterocycles. The van der Waals surface area contributed by atoms with E-state index < -0.39 is 51.2 Å². The standard InChI is InChI=1S/C52H59ClFN5O9S.H2O/c1-50(2,3)49(61)67-34-59(69(63,64)41-14-16-46(45(29-41)56-62)66-33-52(54)19-25-65-26-20-52)48(60)42-15-13-39(28-47(42)68-40-27-36-7-6-8-44(36)55-31-40)58-23-21-57(22-24-58)32-37-17-18-51(4,5)30-43(37)35-9-11-38(53)12-10-35;/h6-7,9-16,27-29,31H,8,17-26,30,32-34H2,1-5H3;1H2. The molecule has 2 fully saturated rings. The minimum Gasteiger partial charge on any atom is -0.870 e. The molecule has 18 heteroatoms. The second-order valence-electron chi connectivity index (χ2n) is 20.1. The Bertz CT molecular complexity index is 2760. The second-order valence-corrected chi connectivity index (χ2v) is 22.4. The molecule has 2 saturated heterocycles. The monoisotopic (exact) mass is 1000 g/mol. The fourth-order valence-electron chi connectivity index (χ4n) is 8.95. The normalized spacial score (nSPS) is 17.8. The Balaban J connectivity index is 0.00000722. The largest absolute Gasteiger partial charge is 0.870 e. The van der Waals surface area contributed by atoms with Gasteiger partial charge in [0.05, 0.1) is 27.8 Å². The number of piperazine rings is 1. The molecule has 0 radical (unpaired) electrons. The maximum absolute atomic E-state index is 15.4. The summed E-state index contributed by atoms with van der Waals surface area (Å²) in [5, 5.41) is 2.40. The molecule has 3 aromatic carbocycles. The number of anilines is 1. The van der Waals surface area contributed by atoms with Crippen molar-refractivity contribution in [3.8, 4) is 17.2 Å². The molecule has 2 aliphatic carbocycles. The number of pyridine rings is 1. The van der Waals surface area contributed by atoms with E-state index in [1.165, 1.54) is 28.8 Å². The zero-order chi connectivity index (χ0) is 49.1. The summed E-state index contributed by atoms with van der Waals surface area (Å²) < 4.78 is 68.1. The van der Waals surface area contributed by atoms with Crippen molar-refractivity contribution in [1.82, 2.24) is 14.2 Å². The van der Waals surface area contributed by atoms with Crippen LogP contribution in [0.5, 0.6) is 17.2 Å². The quantitative estimate of drug-likeness (QED) is 0.0883. The van der Waals surface area contributed by atoms with Gasteiger partial charge >= 0.3 is 5.97 Å². The zero-order valence-electron chi connectivity index (χ0n) is 40.3. The van der Waals surface area contributed by atoms with Crippen LogP contribution in [-0.2, 0) is 30.7 Å². The fraction of sp³-hybridized carbons (Fsp3) is 0.442. The van der Waals surface area contributed by atoms with Crippen LogP contribution < -0.4 is 19.6 Å². The van der Waals surface area contributed by atoms with E-state index in [1.807, 2.05) is 24.3 Å². The number of nitrogens with zero attached hydrogens (tertiary/aromatic N) is 4. The van der Waals surface area contributed by atoms with Gasteiger partial charge in [0.1, 0.15) is 23.8 Å². The Morgan fingerprint density at radius 1 is 0.957 bits per heavy atom. The first kappa shape index (κ1) is 52.1. The molecule has 374 valence electrons. The van der Waals surface area contributed by atoms with E-state index in [0.717, 1.165) is 68.0 Å². The highest BCUT2D eigenvalue weighted by Crippen LogP contribution is 2.44. The van der Waals surface area contributed by atoms with Gasteiger partial charge < -0.3 is 29.3 Å². The smallest absolute Gasteiger partial charge is 0.312 e. The number of fused-ring (bicyclic) bond motifs is 1. The third-order valence-electron chi connectivity index (χ3n) is 13.2. The minimum atomic E-state index is -4.88. The Morgan fingerprint density at radius 3 is 2.39 bits per heavy atom. The van der Waals surface area contributed by atoms with Gasteiger partial charge in [0, 0.05) is 98.1 Å². The van der Waals surface area contributed by atoms with Crippen molar-refractivity contribution in [1.29, 1.82) is 0 Å². The predicted octanol–water partition coefficient (Wildman–Crippen LogP) is 8.46. The predicted molar refractivity (Wildman–Crippen MR) is 264 cm³/mol. The number of halogens is 2. The number of ether oxygens (including phenoxy) is 4. The van der Waals surface area contributed by atoms with Crippen LogP contribution >= 0.6 is 11.6 Å². The second kappa shape index (κ2) is 21.3. The summed E-state index contributed by atoms with van der Waals surface area (Å²) in [7, 11) is -4.88. The third-order valence-corrected chi connectivity index (χ3v) is 15.2. The van der Waals surface area contributed by atoms with Gasteiger partial charge in [0.25, 0.3) is 21.6 Å². The summed E-state index contributed by atoms with van der Waals surface area (Å²) in [6.45, 7) is 12.2. The van der Waals surface area contributed by atoms with Crippen LogP contribution in [0.25, 0.3) is 11.6 Å². The number of benzene rings is 3. The number of allylic oxidation sites excluding steroid dienone is 2. The van der Waals surface area contributed by atoms with Gasteiger partial charge in [0.15, 0.2) is 12.5 Å². The number of hydrogen-bond donors (Lipinski definition) is 1. The first-order valence-electron chi connectivity index (χ1n) is 23.4. The Kier molecular flexibility index (Phi) is 15.9. The Hall–Kier alpha value is -5.72. The third kappa shape index (κ3) is 12.1. The molecule has 4 aromatic rings. The highest BCUT2D eigenvalue weighted by Gasteiger charge is 2.38. The first-order chi connectivity index (χ1) is 32.8. The lowest BCUT2D eigenvalue weighted by Gasteiger charge is -2.39. The minimum absolute atomic E-state index is 0. The Morgan fingerprint density at radius 2 is 1.69 bits per heavy atom. The van der Waals surface area contributed by atoms with E-state index in [0.29, 0.717) is 34.6 Å². The number of sulfonamides is 1. The molecular formula is C52H61ClFN5O10S. The molecule has 3 heterocycles. The van der Waals surface area contributed by atoms with E-state index in [9.17, 15) is 22.9 Å². The number of amides is 1. The van der Waals surface area contributed by atoms with E-state index in [4.69, 9.17) is 30.5 Å². The van der Waals surface area contributed by atoms with Crippen molar-refractivity contribution < 1.29 is 52.0 Å². The number of nitrogens with one attached hydrogen (secondary N) is 1. The van der Waals surface area contributed by atoms with E-state index >= 15 is 4.39 Å². The molecule has 4 aliphatic rings. The molecule has 2 N–H and O–H groups in total. The van der Waals surface area contributed by atoms with E-state index in [1.54, 1.807) is 50.3 Å². The summed E-state index contributed by atoms with van der Waals surface area (Å²) in [6, 6.07) is 18.2. The lowest BCUT2D eigenvalue weighted by molar-refractivity contribution is -0.380. The summed E-state index contributed by atoms with van der Waals surface area (Å²) in [4.78, 5) is 49.0. The number of rotatable bonds is 15. The van der Waals surface area contributed by atoms with Crippen LogP contribution in [0.3, 0.4) is 0 Å².